The van der Waals surface area contributed by atoms with Crippen molar-refractivity contribution in [2.24, 2.45) is 23.5 Å². The summed E-state index contributed by atoms with van der Waals surface area (Å²) in [6.07, 6.45) is 1.47. The molecule has 0 aromatic carbocycles. The van der Waals surface area contributed by atoms with Gasteiger partial charge in [0.05, 0.1) is 6.10 Å². The van der Waals surface area contributed by atoms with Gasteiger partial charge in [-0.3, -0.25) is 0 Å². The summed E-state index contributed by atoms with van der Waals surface area (Å²) in [5.74, 6) is 0.554. The monoisotopic (exact) mass is 426 g/mol. The van der Waals surface area contributed by atoms with E-state index >= 15 is 0 Å². The van der Waals surface area contributed by atoms with E-state index in [0.717, 1.165) is 12.8 Å². The molecule has 15 heavy (non-hydrogen) atoms. The molecule has 0 aliphatic heterocycles. The Bertz CT molecular complexity index is 191. The van der Waals surface area contributed by atoms with Gasteiger partial charge in [-0.05, 0) is 18.3 Å². The van der Waals surface area contributed by atoms with Crippen LogP contribution in [0.3, 0.4) is 0 Å². The Hall–Kier alpha value is 1.32. The first-order valence-corrected chi connectivity index (χ1v) is 5.63. The quantitative estimate of drug-likeness (QED) is 0.723. The van der Waals surface area contributed by atoms with Gasteiger partial charge in [0.15, 0.2) is 0 Å². The van der Waals surface area contributed by atoms with Crippen molar-refractivity contribution in [1.29, 1.82) is 0 Å². The molecule has 6 atom stereocenters. The molecule has 1 saturated carbocycles. The van der Waals surface area contributed by atoms with E-state index in [9.17, 15) is 5.11 Å². The Labute approximate surface area is 129 Å². The van der Waals surface area contributed by atoms with Crippen LogP contribution in [0.15, 0.2) is 0 Å². The second-order valence-electron chi connectivity index (χ2n) is 4.86. The molecular weight excluding hydrogens is 403 g/mol. The summed E-state index contributed by atoms with van der Waals surface area (Å²) in [7, 11) is 0. The van der Waals surface area contributed by atoms with Crippen molar-refractivity contribution in [3.63, 3.8) is 0 Å². The van der Waals surface area contributed by atoms with Crippen molar-refractivity contribution < 1.29 is 49.2 Å². The summed E-state index contributed by atoms with van der Waals surface area (Å²) >= 11 is 0. The van der Waals surface area contributed by atoms with Gasteiger partial charge in [-0.2, -0.15) is 0 Å². The maximum absolute atomic E-state index is 9.94. The molecule has 0 spiro atoms. The van der Waals surface area contributed by atoms with Crippen LogP contribution in [0.1, 0.15) is 33.6 Å². The molecule has 1 aliphatic carbocycles. The van der Waals surface area contributed by atoms with Crippen molar-refractivity contribution >= 4 is 0 Å². The fourth-order valence-corrected chi connectivity index (χ4v) is 2.47. The van der Waals surface area contributed by atoms with Gasteiger partial charge in [0.25, 0.3) is 0 Å². The fraction of sp³-hybridized carbons (Fsp3) is 1.00. The number of nitrogens with two attached hydrogens (primary N) is 1. The summed E-state index contributed by atoms with van der Waals surface area (Å²) < 4.78 is 0. The van der Waals surface area contributed by atoms with E-state index in [1.165, 1.54) is 0 Å². The third-order valence-corrected chi connectivity index (χ3v) is 3.79. The topological polar surface area (TPSA) is 70.0 Å². The molecule has 87 valence electrons. The van der Waals surface area contributed by atoms with Crippen LogP contribution >= 0.6 is 0 Å². The molecule has 4 heteroatoms. The first kappa shape index (κ1) is 16.3. The number of hydrogen-bond donors (Lipinski definition) is 2. The molecule has 1 rings (SSSR count). The molecule has 6 unspecified atom stereocenters. The zero-order valence-electron chi connectivity index (χ0n) is 9.98. The zero-order chi connectivity index (χ0) is 10.9. The van der Waals surface area contributed by atoms with Crippen LogP contribution in [0, 0.1) is 61.8 Å². The minimum atomic E-state index is -0.374. The maximum atomic E-state index is 9.94. The van der Waals surface area contributed by atoms with Crippen LogP contribution in [0.25, 0.3) is 5.73 Å². The molecule has 1 aliphatic rings. The Morgan fingerprint density at radius 1 is 1.53 bits per heavy atom. The van der Waals surface area contributed by atoms with E-state index in [1.54, 1.807) is 0 Å². The summed E-state index contributed by atoms with van der Waals surface area (Å²) in [5.41, 5.74) is 14.1. The van der Waals surface area contributed by atoms with E-state index in [4.69, 9.17) is 11.5 Å². The van der Waals surface area contributed by atoms with Gasteiger partial charge < -0.3 is 16.6 Å². The van der Waals surface area contributed by atoms with Crippen molar-refractivity contribution in [3.05, 3.63) is 5.73 Å². The van der Waals surface area contributed by atoms with Crippen LogP contribution in [-0.4, -0.2) is 23.3 Å². The normalized spacial score (nSPS) is 39.6. The molecule has 1 radical (unpaired) electrons. The predicted molar refractivity (Wildman–Crippen MR) is 58.8 cm³/mol. The predicted octanol–water partition coefficient (Wildman–Crippen LogP) is 1.80. The van der Waals surface area contributed by atoms with Crippen molar-refractivity contribution in [2.45, 2.75) is 51.8 Å². The molecule has 0 aromatic heterocycles. The van der Waals surface area contributed by atoms with Crippen LogP contribution < -0.4 is 5.73 Å². The Balaban J connectivity index is 0.00000196. The minimum Gasteiger partial charge on any atom is -0.674 e. The number of rotatable bonds is 3. The average molecular weight is 426 g/mol. The van der Waals surface area contributed by atoms with E-state index in [0.29, 0.717) is 5.92 Å². The van der Waals surface area contributed by atoms with Gasteiger partial charge in [-0.15, -0.1) is 6.04 Å². The van der Waals surface area contributed by atoms with Crippen LogP contribution in [0.5, 0.6) is 0 Å². The van der Waals surface area contributed by atoms with E-state index < -0.39 is 0 Å². The average Bonchev–Trinajstić information content (AvgIpc) is 2.39. The molecule has 4 N–H and O–H groups in total. The second-order valence-corrected chi connectivity index (χ2v) is 4.86. The maximum Gasteiger partial charge on any atom is 0.0595 e. The van der Waals surface area contributed by atoms with Gasteiger partial charge in [-0.1, -0.05) is 33.1 Å². The number of hydrogen-bond acceptors (Lipinski definition) is 2. The summed E-state index contributed by atoms with van der Waals surface area (Å²) in [4.78, 5) is 0. The first-order valence-electron chi connectivity index (χ1n) is 5.63. The first-order chi connectivity index (χ1) is 6.49. The molecular formula is C11H23AcN2O-. The van der Waals surface area contributed by atoms with Gasteiger partial charge in [0.2, 0.25) is 0 Å². The number of aliphatic hydroxyl groups excluding tert-OH is 1. The third kappa shape index (κ3) is 3.64. The summed E-state index contributed by atoms with van der Waals surface area (Å²) in [5, 5.41) is 9.94. The van der Waals surface area contributed by atoms with Crippen molar-refractivity contribution in [1.82, 2.24) is 0 Å². The minimum absolute atomic E-state index is 0. The SMILES string of the molecule is CCC(C)C([NH-])C1C(N)CC(C)C1O.[Ac]. The summed E-state index contributed by atoms with van der Waals surface area (Å²) in [6.45, 7) is 6.18. The van der Waals surface area contributed by atoms with Crippen LogP contribution in [-0.2, 0) is 0 Å². The van der Waals surface area contributed by atoms with Gasteiger partial charge in [0.1, 0.15) is 0 Å². The van der Waals surface area contributed by atoms with E-state index in [1.807, 2.05) is 6.92 Å². The smallest absolute Gasteiger partial charge is 0.0595 e. The Kier molecular flexibility index (Phi) is 7.52. The number of nitrogens with one attached hydrogen (secondary N) is 1. The molecule has 0 heterocycles. The molecule has 0 aromatic rings. The van der Waals surface area contributed by atoms with Crippen molar-refractivity contribution in [2.75, 3.05) is 0 Å². The van der Waals surface area contributed by atoms with Gasteiger partial charge in [0, 0.05) is 50.1 Å². The third-order valence-electron chi connectivity index (χ3n) is 3.79. The molecule has 3 nitrogen and oxygen atoms in total. The molecule has 0 amide bonds. The van der Waals surface area contributed by atoms with Crippen LogP contribution in [0.4, 0.5) is 0 Å². The Morgan fingerprint density at radius 3 is 2.40 bits per heavy atom. The number of aliphatic hydroxyl groups is 1. The van der Waals surface area contributed by atoms with E-state index in [-0.39, 0.29) is 74.1 Å². The van der Waals surface area contributed by atoms with Crippen molar-refractivity contribution in [3.8, 4) is 0 Å². The molecule has 0 saturated heterocycles. The second kappa shape index (κ2) is 6.91. The van der Waals surface area contributed by atoms with E-state index in [2.05, 4.69) is 13.8 Å². The largest absolute Gasteiger partial charge is 0.674 e. The fourth-order valence-electron chi connectivity index (χ4n) is 2.47. The van der Waals surface area contributed by atoms with Gasteiger partial charge in [-0.25, -0.2) is 0 Å². The Morgan fingerprint density at radius 2 is 2.07 bits per heavy atom. The zero-order valence-corrected chi connectivity index (χ0v) is 14.7. The molecule has 1 fully saturated rings. The standard InChI is InChI=1S/C11H23N2O.Ac/c1-4-6(2)10(13)9-8(12)5-7(3)11(9)14;/h6-11,13-14H,4-5,12H2,1-3H3;/q-1;. The molecule has 0 bridgehead atoms. The van der Waals surface area contributed by atoms with Gasteiger partial charge >= 0.3 is 0 Å². The van der Waals surface area contributed by atoms with Crippen LogP contribution in [0.2, 0.25) is 0 Å². The summed E-state index contributed by atoms with van der Waals surface area (Å²) in [6, 6.07) is -0.202.